The van der Waals surface area contributed by atoms with Gasteiger partial charge >= 0.3 is 17.1 Å². The summed E-state index contributed by atoms with van der Waals surface area (Å²) in [6.45, 7) is 1.93. The molecule has 1 rings (SSSR count). The lowest BCUT2D eigenvalue weighted by Crippen LogP contribution is -2.01. The van der Waals surface area contributed by atoms with Crippen LogP contribution in [0.1, 0.15) is 6.92 Å². The second kappa shape index (κ2) is 7.18. The van der Waals surface area contributed by atoms with Gasteiger partial charge in [0.1, 0.15) is 5.02 Å². The van der Waals surface area contributed by atoms with Gasteiger partial charge in [0.05, 0.1) is 14.8 Å². The van der Waals surface area contributed by atoms with Gasteiger partial charge < -0.3 is 5.11 Å². The van der Waals surface area contributed by atoms with Crippen LogP contribution in [0.3, 0.4) is 0 Å². The lowest BCUT2D eigenvalue weighted by atomic mass is 10.2. The highest BCUT2D eigenvalue weighted by molar-refractivity contribution is 6.33. The molecule has 0 saturated carbocycles. The van der Waals surface area contributed by atoms with E-state index in [9.17, 15) is 30.3 Å². The molecule has 104 valence electrons. The lowest BCUT2D eigenvalue weighted by Gasteiger charge is -1.97. The van der Waals surface area contributed by atoms with Crippen LogP contribution >= 0.6 is 11.6 Å². The van der Waals surface area contributed by atoms with Crippen molar-refractivity contribution in [2.45, 2.75) is 6.92 Å². The van der Waals surface area contributed by atoms with Crippen molar-refractivity contribution in [1.29, 1.82) is 0 Å². The zero-order chi connectivity index (χ0) is 15.2. The number of halogens is 1. The molecule has 0 unspecified atom stereocenters. The Labute approximate surface area is 110 Å². The zero-order valence-electron chi connectivity index (χ0n) is 9.48. The van der Waals surface area contributed by atoms with E-state index in [2.05, 4.69) is 0 Å². The number of hydrogen-bond donors (Lipinski definition) is 1. The zero-order valence-corrected chi connectivity index (χ0v) is 10.2. The molecule has 0 aliphatic rings. The van der Waals surface area contributed by atoms with Gasteiger partial charge in [0.2, 0.25) is 0 Å². The van der Waals surface area contributed by atoms with Crippen LogP contribution in [0.4, 0.5) is 17.1 Å². The number of nitrogens with zero attached hydrogens (tertiary/aromatic N) is 3. The van der Waals surface area contributed by atoms with Gasteiger partial charge in [0.15, 0.2) is 0 Å². The van der Waals surface area contributed by atoms with Crippen LogP contribution in [-0.4, -0.2) is 26.5 Å². The molecule has 0 spiro atoms. The second-order valence-corrected chi connectivity index (χ2v) is 3.26. The van der Waals surface area contributed by atoms with E-state index in [1.807, 2.05) is 0 Å². The maximum Gasteiger partial charge on any atom is 0.423 e. The minimum absolute atomic E-state index is 0.250. The number of nitro benzene ring substituents is 3. The van der Waals surface area contributed by atoms with Gasteiger partial charge in [-0.2, -0.15) is 0 Å². The number of benzene rings is 1. The van der Waals surface area contributed by atoms with E-state index in [0.29, 0.717) is 0 Å². The summed E-state index contributed by atoms with van der Waals surface area (Å²) in [4.78, 5) is 28.1. The van der Waals surface area contributed by atoms with Crippen molar-refractivity contribution in [2.75, 3.05) is 6.61 Å². The van der Waals surface area contributed by atoms with E-state index in [4.69, 9.17) is 16.7 Å². The van der Waals surface area contributed by atoms with E-state index < -0.39 is 36.9 Å². The highest BCUT2D eigenvalue weighted by Crippen LogP contribution is 2.40. The van der Waals surface area contributed by atoms with Gasteiger partial charge in [0, 0.05) is 12.7 Å². The van der Waals surface area contributed by atoms with Crippen LogP contribution in [0.15, 0.2) is 12.1 Å². The molecular formula is C8H8ClN3O7. The first-order valence-corrected chi connectivity index (χ1v) is 5.02. The van der Waals surface area contributed by atoms with E-state index in [0.717, 1.165) is 12.1 Å². The number of aliphatic hydroxyl groups is 1. The summed E-state index contributed by atoms with van der Waals surface area (Å²) in [5.74, 6) is 0. The first kappa shape index (κ1) is 16.7. The van der Waals surface area contributed by atoms with Crippen molar-refractivity contribution in [2.24, 2.45) is 0 Å². The van der Waals surface area contributed by atoms with Gasteiger partial charge in [-0.05, 0) is 13.0 Å². The van der Waals surface area contributed by atoms with Crippen molar-refractivity contribution in [3.05, 3.63) is 47.5 Å². The fourth-order valence-electron chi connectivity index (χ4n) is 1.05. The molecule has 0 radical (unpaired) electrons. The van der Waals surface area contributed by atoms with E-state index >= 15 is 0 Å². The predicted octanol–water partition coefficient (Wildman–Crippen LogP) is 2.06. The second-order valence-electron chi connectivity index (χ2n) is 2.85. The van der Waals surface area contributed by atoms with Gasteiger partial charge in [-0.25, -0.2) is 0 Å². The fourth-order valence-corrected chi connectivity index (χ4v) is 1.27. The quantitative estimate of drug-likeness (QED) is 0.661. The minimum Gasteiger partial charge on any atom is -0.397 e. The third kappa shape index (κ3) is 4.12. The number of hydrogen-bond acceptors (Lipinski definition) is 7. The summed E-state index contributed by atoms with van der Waals surface area (Å²) < 4.78 is 0. The fraction of sp³-hybridized carbons (Fsp3) is 0.250. The molecule has 1 N–H and O–H groups in total. The maximum atomic E-state index is 10.5. The highest BCUT2D eigenvalue weighted by atomic mass is 35.5. The largest absolute Gasteiger partial charge is 0.423 e. The number of nitro groups is 3. The highest BCUT2D eigenvalue weighted by Gasteiger charge is 2.38. The standard InChI is InChI=1S/C6H2ClN3O6.C2H6O/c7-3-1-2-4(8(11)12)6(10(15)16)5(3)9(13)14;1-2-3/h1-2H;3H,2H2,1H3. The van der Waals surface area contributed by atoms with E-state index in [-0.39, 0.29) is 6.61 Å². The van der Waals surface area contributed by atoms with Gasteiger partial charge in [0.25, 0.3) is 0 Å². The molecule has 10 nitrogen and oxygen atoms in total. The van der Waals surface area contributed by atoms with Crippen LogP contribution in [0.5, 0.6) is 0 Å². The molecule has 0 aliphatic heterocycles. The Bertz CT molecular complexity index is 519. The maximum absolute atomic E-state index is 10.5. The lowest BCUT2D eigenvalue weighted by molar-refractivity contribution is -0.441. The predicted molar refractivity (Wildman–Crippen MR) is 64.2 cm³/mol. The molecule has 1 aromatic rings. The van der Waals surface area contributed by atoms with E-state index in [1.54, 1.807) is 6.92 Å². The van der Waals surface area contributed by atoms with E-state index in [1.165, 1.54) is 0 Å². The van der Waals surface area contributed by atoms with Crippen LogP contribution in [0, 0.1) is 30.3 Å². The molecule has 0 atom stereocenters. The summed E-state index contributed by atoms with van der Waals surface area (Å²) in [5, 5.41) is 38.5. The van der Waals surface area contributed by atoms with Gasteiger partial charge in [-0.3, -0.25) is 30.3 Å². The first-order valence-electron chi connectivity index (χ1n) is 4.64. The SMILES string of the molecule is CCO.O=[N+]([O-])c1ccc(Cl)c([N+](=O)[O-])c1[N+](=O)[O-]. The first-order chi connectivity index (χ1) is 8.77. The van der Waals surface area contributed by atoms with Crippen LogP contribution in [-0.2, 0) is 0 Å². The Balaban J connectivity index is 0.000000982. The number of aliphatic hydroxyl groups excluding tert-OH is 1. The molecule has 0 bridgehead atoms. The summed E-state index contributed by atoms with van der Waals surface area (Å²) in [6.07, 6.45) is 0. The molecule has 1 aromatic carbocycles. The molecule has 0 aliphatic carbocycles. The Kier molecular flexibility index (Phi) is 6.30. The van der Waals surface area contributed by atoms with Crippen molar-refractivity contribution < 1.29 is 19.9 Å². The smallest absolute Gasteiger partial charge is 0.397 e. The summed E-state index contributed by atoms with van der Waals surface area (Å²) in [6, 6.07) is 1.61. The topological polar surface area (TPSA) is 150 Å². The normalized spacial score (nSPS) is 9.21. The van der Waals surface area contributed by atoms with Crippen molar-refractivity contribution in [1.82, 2.24) is 0 Å². The third-order valence-corrected chi connectivity index (χ3v) is 1.95. The third-order valence-electron chi connectivity index (χ3n) is 1.64. The van der Waals surface area contributed by atoms with Crippen molar-refractivity contribution >= 4 is 28.7 Å². The van der Waals surface area contributed by atoms with Gasteiger partial charge in [-0.15, -0.1) is 0 Å². The van der Waals surface area contributed by atoms with Crippen LogP contribution < -0.4 is 0 Å². The molecule has 0 aromatic heterocycles. The molecule has 19 heavy (non-hydrogen) atoms. The molecular weight excluding hydrogens is 286 g/mol. The minimum atomic E-state index is -1.22. The van der Waals surface area contributed by atoms with Crippen LogP contribution in [0.2, 0.25) is 5.02 Å². The molecule has 0 fully saturated rings. The average molecular weight is 294 g/mol. The summed E-state index contributed by atoms with van der Waals surface area (Å²) in [7, 11) is 0. The monoisotopic (exact) mass is 293 g/mol. The van der Waals surface area contributed by atoms with Crippen LogP contribution in [0.25, 0.3) is 0 Å². The Hall–Kier alpha value is -2.33. The Morgan fingerprint density at radius 3 is 1.79 bits per heavy atom. The molecule has 0 amide bonds. The molecule has 11 heteroatoms. The molecule has 0 saturated heterocycles. The Morgan fingerprint density at radius 1 is 1.05 bits per heavy atom. The Morgan fingerprint density at radius 2 is 1.47 bits per heavy atom. The summed E-state index contributed by atoms with van der Waals surface area (Å²) in [5.41, 5.74) is -3.27. The number of rotatable bonds is 3. The van der Waals surface area contributed by atoms with Gasteiger partial charge in [-0.1, -0.05) is 11.6 Å². The van der Waals surface area contributed by atoms with Crippen molar-refractivity contribution in [3.63, 3.8) is 0 Å². The van der Waals surface area contributed by atoms with Crippen molar-refractivity contribution in [3.8, 4) is 0 Å². The average Bonchev–Trinajstić information content (AvgIpc) is 2.28. The molecule has 0 heterocycles. The summed E-state index contributed by atoms with van der Waals surface area (Å²) >= 11 is 5.38.